The van der Waals surface area contributed by atoms with Crippen LogP contribution in [0.1, 0.15) is 20.9 Å². The first-order valence-corrected chi connectivity index (χ1v) is 6.93. The van der Waals surface area contributed by atoms with E-state index in [1.54, 1.807) is 6.92 Å². The number of carbonyl (C=O) groups is 1. The van der Waals surface area contributed by atoms with Crippen LogP contribution in [0.3, 0.4) is 0 Å². The minimum atomic E-state index is -0.927. The zero-order chi connectivity index (χ0) is 14.0. The molecule has 100 valence electrons. The fourth-order valence-electron chi connectivity index (χ4n) is 1.49. The smallest absolute Gasteiger partial charge is 0.263 e. The Morgan fingerprint density at radius 2 is 2.16 bits per heavy atom. The summed E-state index contributed by atoms with van der Waals surface area (Å²) in [5, 5.41) is 2.64. The van der Waals surface area contributed by atoms with E-state index in [0.29, 0.717) is 20.1 Å². The Morgan fingerprint density at radius 1 is 1.42 bits per heavy atom. The topological polar surface area (TPSA) is 42.0 Å². The lowest BCUT2D eigenvalue weighted by atomic mass is 10.2. The standard InChI is InChI=1S/C12H9BrF2N2OS/c1-6-10(19-12(13)17-6)11(18)16-5-7-2-3-8(14)9(15)4-7/h2-4H,5H2,1H3,(H,16,18). The van der Waals surface area contributed by atoms with Gasteiger partial charge in [0, 0.05) is 6.54 Å². The Labute approximate surface area is 120 Å². The monoisotopic (exact) mass is 346 g/mol. The van der Waals surface area contributed by atoms with Gasteiger partial charge in [-0.1, -0.05) is 6.07 Å². The highest BCUT2D eigenvalue weighted by Gasteiger charge is 2.14. The van der Waals surface area contributed by atoms with E-state index < -0.39 is 11.6 Å². The lowest BCUT2D eigenvalue weighted by Crippen LogP contribution is -2.22. The van der Waals surface area contributed by atoms with Crippen molar-refractivity contribution in [3.05, 3.63) is 49.9 Å². The van der Waals surface area contributed by atoms with Crippen LogP contribution in [0.4, 0.5) is 8.78 Å². The van der Waals surface area contributed by atoms with Gasteiger partial charge in [-0.2, -0.15) is 0 Å². The molecule has 7 heteroatoms. The third-order valence-electron chi connectivity index (χ3n) is 2.41. The van der Waals surface area contributed by atoms with Crippen molar-refractivity contribution >= 4 is 33.2 Å². The zero-order valence-corrected chi connectivity index (χ0v) is 12.2. The molecule has 0 radical (unpaired) electrons. The zero-order valence-electron chi connectivity index (χ0n) is 9.84. The van der Waals surface area contributed by atoms with Crippen molar-refractivity contribution in [2.24, 2.45) is 0 Å². The van der Waals surface area contributed by atoms with Crippen molar-refractivity contribution in [2.45, 2.75) is 13.5 Å². The summed E-state index contributed by atoms with van der Waals surface area (Å²) in [7, 11) is 0. The maximum absolute atomic E-state index is 13.0. The van der Waals surface area contributed by atoms with Crippen molar-refractivity contribution in [2.75, 3.05) is 0 Å². The minimum absolute atomic E-state index is 0.130. The van der Waals surface area contributed by atoms with Gasteiger partial charge >= 0.3 is 0 Å². The molecule has 1 aromatic carbocycles. The fourth-order valence-corrected chi connectivity index (χ4v) is 2.95. The van der Waals surface area contributed by atoms with Crippen LogP contribution < -0.4 is 5.32 Å². The second-order valence-corrected chi connectivity index (χ2v) is 6.09. The molecule has 0 saturated carbocycles. The highest BCUT2D eigenvalue weighted by atomic mass is 79.9. The Balaban J connectivity index is 2.04. The number of halogens is 3. The third kappa shape index (κ3) is 3.36. The summed E-state index contributed by atoms with van der Waals surface area (Å²) >= 11 is 4.42. The lowest BCUT2D eigenvalue weighted by Gasteiger charge is -2.04. The van der Waals surface area contributed by atoms with Crippen LogP contribution in [-0.2, 0) is 6.54 Å². The number of thiazole rings is 1. The molecule has 1 amide bonds. The van der Waals surface area contributed by atoms with Gasteiger partial charge in [0.1, 0.15) is 4.88 Å². The molecule has 0 fully saturated rings. The van der Waals surface area contributed by atoms with Gasteiger partial charge in [-0.15, -0.1) is 11.3 Å². The molecule has 19 heavy (non-hydrogen) atoms. The molecule has 0 unspecified atom stereocenters. The van der Waals surface area contributed by atoms with Crippen molar-refractivity contribution in [1.82, 2.24) is 10.3 Å². The summed E-state index contributed by atoms with van der Waals surface area (Å²) in [6.45, 7) is 1.86. The van der Waals surface area contributed by atoms with Crippen molar-refractivity contribution < 1.29 is 13.6 Å². The largest absolute Gasteiger partial charge is 0.347 e. The number of rotatable bonds is 3. The Bertz CT molecular complexity index is 630. The molecule has 0 saturated heterocycles. The molecule has 0 aliphatic rings. The SMILES string of the molecule is Cc1nc(Br)sc1C(=O)NCc1ccc(F)c(F)c1. The molecule has 1 N–H and O–H groups in total. The minimum Gasteiger partial charge on any atom is -0.347 e. The number of carbonyl (C=O) groups excluding carboxylic acids is 1. The van der Waals surface area contributed by atoms with Crippen LogP contribution in [0.2, 0.25) is 0 Å². The lowest BCUT2D eigenvalue weighted by molar-refractivity contribution is 0.0954. The van der Waals surface area contributed by atoms with Crippen LogP contribution >= 0.6 is 27.3 Å². The number of hydrogen-bond acceptors (Lipinski definition) is 3. The predicted molar refractivity (Wildman–Crippen MR) is 72.1 cm³/mol. The first-order chi connectivity index (χ1) is 8.97. The molecule has 2 aromatic rings. The molecule has 0 spiro atoms. The number of hydrogen-bond donors (Lipinski definition) is 1. The maximum atomic E-state index is 13.0. The molecular weight excluding hydrogens is 338 g/mol. The van der Waals surface area contributed by atoms with Crippen LogP contribution in [0.5, 0.6) is 0 Å². The van der Waals surface area contributed by atoms with E-state index in [1.165, 1.54) is 17.4 Å². The van der Waals surface area contributed by atoms with E-state index in [2.05, 4.69) is 26.2 Å². The summed E-state index contributed by atoms with van der Waals surface area (Å²) in [4.78, 5) is 16.4. The first-order valence-electron chi connectivity index (χ1n) is 5.32. The van der Waals surface area contributed by atoms with Gasteiger partial charge in [0.15, 0.2) is 15.6 Å². The van der Waals surface area contributed by atoms with E-state index >= 15 is 0 Å². The van der Waals surface area contributed by atoms with Gasteiger partial charge in [-0.25, -0.2) is 13.8 Å². The summed E-state index contributed by atoms with van der Waals surface area (Å²) < 4.78 is 26.4. The predicted octanol–water partition coefficient (Wildman–Crippen LogP) is 3.42. The second kappa shape index (κ2) is 5.75. The summed E-state index contributed by atoms with van der Waals surface area (Å²) in [6.07, 6.45) is 0. The van der Waals surface area contributed by atoms with E-state index in [1.807, 2.05) is 0 Å². The summed E-state index contributed by atoms with van der Waals surface area (Å²) in [5.41, 5.74) is 1.12. The van der Waals surface area contributed by atoms with E-state index in [0.717, 1.165) is 12.1 Å². The van der Waals surface area contributed by atoms with Gasteiger partial charge in [0.25, 0.3) is 5.91 Å². The normalized spacial score (nSPS) is 10.5. The van der Waals surface area contributed by atoms with Crippen molar-refractivity contribution in [3.8, 4) is 0 Å². The van der Waals surface area contributed by atoms with Crippen LogP contribution in [0, 0.1) is 18.6 Å². The van der Waals surface area contributed by atoms with E-state index in [9.17, 15) is 13.6 Å². The molecular formula is C12H9BrF2N2OS. The molecule has 0 aliphatic carbocycles. The van der Waals surface area contributed by atoms with E-state index in [-0.39, 0.29) is 12.5 Å². The van der Waals surface area contributed by atoms with Gasteiger partial charge in [-0.3, -0.25) is 4.79 Å². The number of aromatic nitrogens is 1. The number of amides is 1. The Morgan fingerprint density at radius 3 is 2.74 bits per heavy atom. The fraction of sp³-hybridized carbons (Fsp3) is 0.167. The van der Waals surface area contributed by atoms with Crippen molar-refractivity contribution in [3.63, 3.8) is 0 Å². The average molecular weight is 347 g/mol. The maximum Gasteiger partial charge on any atom is 0.263 e. The Kier molecular flexibility index (Phi) is 4.26. The van der Waals surface area contributed by atoms with Crippen LogP contribution in [0.15, 0.2) is 22.1 Å². The number of aryl methyl sites for hydroxylation is 1. The summed E-state index contributed by atoms with van der Waals surface area (Å²) in [5.74, 6) is -2.12. The molecule has 3 nitrogen and oxygen atoms in total. The molecule has 2 rings (SSSR count). The first kappa shape index (κ1) is 14.1. The number of nitrogens with one attached hydrogen (secondary N) is 1. The third-order valence-corrected chi connectivity index (χ3v) is 4.02. The highest BCUT2D eigenvalue weighted by Crippen LogP contribution is 2.22. The number of benzene rings is 1. The average Bonchev–Trinajstić information content (AvgIpc) is 2.70. The quantitative estimate of drug-likeness (QED) is 0.925. The Hall–Kier alpha value is -1.34. The molecule has 0 aliphatic heterocycles. The van der Waals surface area contributed by atoms with Crippen LogP contribution in [-0.4, -0.2) is 10.9 Å². The molecule has 0 atom stereocenters. The number of nitrogens with zero attached hydrogens (tertiary/aromatic N) is 1. The van der Waals surface area contributed by atoms with Crippen LogP contribution in [0.25, 0.3) is 0 Å². The molecule has 1 aromatic heterocycles. The van der Waals surface area contributed by atoms with E-state index in [4.69, 9.17) is 0 Å². The van der Waals surface area contributed by atoms with Gasteiger partial charge in [0.2, 0.25) is 0 Å². The molecule has 1 heterocycles. The van der Waals surface area contributed by atoms with Gasteiger partial charge in [-0.05, 0) is 40.5 Å². The van der Waals surface area contributed by atoms with Gasteiger partial charge < -0.3 is 5.32 Å². The van der Waals surface area contributed by atoms with Gasteiger partial charge in [0.05, 0.1) is 5.69 Å². The van der Waals surface area contributed by atoms with Crippen molar-refractivity contribution in [1.29, 1.82) is 0 Å². The molecule has 0 bridgehead atoms. The second-order valence-electron chi connectivity index (χ2n) is 3.81. The highest BCUT2D eigenvalue weighted by molar-refractivity contribution is 9.11. The summed E-state index contributed by atoms with van der Waals surface area (Å²) in [6, 6.07) is 3.52.